The lowest BCUT2D eigenvalue weighted by atomic mass is 10.4. The first-order valence-electron chi connectivity index (χ1n) is 5.95. The Balaban J connectivity index is 2.44. The van der Waals surface area contributed by atoms with Gasteiger partial charge in [0.25, 0.3) is 5.91 Å². The Morgan fingerprint density at radius 3 is 2.70 bits per heavy atom. The summed E-state index contributed by atoms with van der Waals surface area (Å²) in [6.07, 6.45) is 1.73. The molecule has 0 atom stereocenters. The number of carboxylic acid groups (broad SMARTS) is 1. The molecule has 0 aliphatic rings. The maximum Gasteiger partial charge on any atom is 0.322 e. The molecule has 0 fully saturated rings. The van der Waals surface area contributed by atoms with Gasteiger partial charge in [-0.3, -0.25) is 14.4 Å². The summed E-state index contributed by atoms with van der Waals surface area (Å²) in [7, 11) is 1.57. The van der Waals surface area contributed by atoms with Crippen molar-refractivity contribution in [2.45, 2.75) is 6.54 Å². The Kier molecular flexibility index (Phi) is 6.24. The molecule has 0 aliphatic heterocycles. The molecule has 0 unspecified atom stereocenters. The van der Waals surface area contributed by atoms with Crippen molar-refractivity contribution in [2.75, 3.05) is 26.8 Å². The van der Waals surface area contributed by atoms with E-state index in [9.17, 15) is 14.4 Å². The normalized spacial score (nSPS) is 10.1. The van der Waals surface area contributed by atoms with E-state index in [-0.39, 0.29) is 6.54 Å². The second-order valence-corrected chi connectivity index (χ2v) is 3.93. The van der Waals surface area contributed by atoms with E-state index in [2.05, 4.69) is 10.6 Å². The predicted octanol–water partition coefficient (Wildman–Crippen LogP) is -0.935. The highest BCUT2D eigenvalue weighted by Crippen LogP contribution is 2.02. The van der Waals surface area contributed by atoms with Gasteiger partial charge in [-0.05, 0) is 12.1 Å². The van der Waals surface area contributed by atoms with Gasteiger partial charge in [0.2, 0.25) is 5.91 Å². The summed E-state index contributed by atoms with van der Waals surface area (Å²) < 4.78 is 6.63. The van der Waals surface area contributed by atoms with Crippen LogP contribution in [0, 0.1) is 0 Å². The van der Waals surface area contributed by atoms with E-state index in [0.717, 1.165) is 0 Å². The number of carbonyl (C=O) groups excluding carboxylic acids is 2. The number of carbonyl (C=O) groups is 3. The Labute approximate surface area is 115 Å². The standard InChI is InChI=1S/C12H17N3O5/c1-20-6-5-15-4-2-3-9(15)12(19)14-7-10(16)13-8-11(17)18/h2-4H,5-8H2,1H3,(H,13,16)(H,14,19)(H,17,18). The van der Waals surface area contributed by atoms with Crippen LogP contribution in [0.25, 0.3) is 0 Å². The molecule has 20 heavy (non-hydrogen) atoms. The average Bonchev–Trinajstić information content (AvgIpc) is 2.88. The number of amides is 2. The van der Waals surface area contributed by atoms with Gasteiger partial charge in [-0.25, -0.2) is 0 Å². The molecule has 1 rings (SSSR count). The summed E-state index contributed by atoms with van der Waals surface area (Å²) in [5, 5.41) is 13.0. The van der Waals surface area contributed by atoms with Gasteiger partial charge in [-0.2, -0.15) is 0 Å². The number of ether oxygens (including phenoxy) is 1. The highest BCUT2D eigenvalue weighted by molar-refractivity contribution is 5.95. The third kappa shape index (κ3) is 5.11. The highest BCUT2D eigenvalue weighted by Gasteiger charge is 2.12. The lowest BCUT2D eigenvalue weighted by Crippen LogP contribution is -2.39. The SMILES string of the molecule is COCCn1cccc1C(=O)NCC(=O)NCC(=O)O. The summed E-state index contributed by atoms with van der Waals surface area (Å²) >= 11 is 0. The number of carboxylic acids is 1. The van der Waals surface area contributed by atoms with Crippen molar-refractivity contribution in [1.82, 2.24) is 15.2 Å². The number of aromatic nitrogens is 1. The van der Waals surface area contributed by atoms with Crippen molar-refractivity contribution in [1.29, 1.82) is 0 Å². The zero-order valence-electron chi connectivity index (χ0n) is 11.1. The first-order valence-corrected chi connectivity index (χ1v) is 5.95. The molecule has 1 aromatic rings. The Bertz CT molecular complexity index is 483. The van der Waals surface area contributed by atoms with Crippen molar-refractivity contribution in [3.05, 3.63) is 24.0 Å². The number of methoxy groups -OCH3 is 1. The number of aliphatic carboxylic acids is 1. The molecule has 0 spiro atoms. The molecule has 0 bridgehead atoms. The smallest absolute Gasteiger partial charge is 0.322 e. The molecular weight excluding hydrogens is 266 g/mol. The fourth-order valence-electron chi connectivity index (χ4n) is 1.49. The molecular formula is C12H17N3O5. The van der Waals surface area contributed by atoms with Crippen LogP contribution in [0.5, 0.6) is 0 Å². The molecule has 2 amide bonds. The van der Waals surface area contributed by atoms with E-state index in [1.807, 2.05) is 0 Å². The molecule has 0 saturated carbocycles. The van der Waals surface area contributed by atoms with Crippen LogP contribution < -0.4 is 10.6 Å². The van der Waals surface area contributed by atoms with Crippen LogP contribution in [0.4, 0.5) is 0 Å². The van der Waals surface area contributed by atoms with Crippen LogP contribution in [0.3, 0.4) is 0 Å². The third-order valence-corrected chi connectivity index (χ3v) is 2.44. The largest absolute Gasteiger partial charge is 0.480 e. The number of rotatable bonds is 8. The summed E-state index contributed by atoms with van der Waals surface area (Å²) in [4.78, 5) is 33.4. The first-order chi connectivity index (χ1) is 9.54. The van der Waals surface area contributed by atoms with Crippen LogP contribution in [0.1, 0.15) is 10.5 Å². The maximum atomic E-state index is 11.9. The lowest BCUT2D eigenvalue weighted by molar-refractivity contribution is -0.137. The molecule has 3 N–H and O–H groups in total. The summed E-state index contributed by atoms with van der Waals surface area (Å²) in [5.74, 6) is -2.11. The van der Waals surface area contributed by atoms with Crippen LogP contribution >= 0.6 is 0 Å². The number of hydrogen-bond acceptors (Lipinski definition) is 4. The fourth-order valence-corrected chi connectivity index (χ4v) is 1.49. The van der Waals surface area contributed by atoms with Crippen LogP contribution in [0.2, 0.25) is 0 Å². The van der Waals surface area contributed by atoms with Gasteiger partial charge in [-0.15, -0.1) is 0 Å². The molecule has 8 nitrogen and oxygen atoms in total. The number of hydrogen-bond donors (Lipinski definition) is 3. The number of nitrogens with one attached hydrogen (secondary N) is 2. The lowest BCUT2D eigenvalue weighted by Gasteiger charge is -2.09. The van der Waals surface area contributed by atoms with Crippen molar-refractivity contribution >= 4 is 17.8 Å². The first kappa shape index (κ1) is 15.7. The monoisotopic (exact) mass is 283 g/mol. The second-order valence-electron chi connectivity index (χ2n) is 3.93. The molecule has 0 aromatic carbocycles. The molecule has 1 heterocycles. The second kappa shape index (κ2) is 7.95. The quantitative estimate of drug-likeness (QED) is 0.570. The van der Waals surface area contributed by atoms with E-state index in [1.54, 1.807) is 30.0 Å². The van der Waals surface area contributed by atoms with Crippen molar-refractivity contribution in [2.24, 2.45) is 0 Å². The average molecular weight is 283 g/mol. The van der Waals surface area contributed by atoms with Crippen molar-refractivity contribution in [3.8, 4) is 0 Å². The van der Waals surface area contributed by atoms with E-state index >= 15 is 0 Å². The van der Waals surface area contributed by atoms with E-state index < -0.39 is 24.3 Å². The molecule has 1 aromatic heterocycles. The fraction of sp³-hybridized carbons (Fsp3) is 0.417. The molecule has 0 aliphatic carbocycles. The van der Waals surface area contributed by atoms with Gasteiger partial charge in [0.15, 0.2) is 0 Å². The third-order valence-electron chi connectivity index (χ3n) is 2.44. The van der Waals surface area contributed by atoms with Gasteiger partial charge in [0, 0.05) is 19.9 Å². The zero-order valence-corrected chi connectivity index (χ0v) is 11.1. The van der Waals surface area contributed by atoms with E-state index in [0.29, 0.717) is 18.8 Å². The van der Waals surface area contributed by atoms with Gasteiger partial charge in [0.05, 0.1) is 13.2 Å². The van der Waals surface area contributed by atoms with Crippen LogP contribution in [0.15, 0.2) is 18.3 Å². The predicted molar refractivity (Wildman–Crippen MR) is 69.3 cm³/mol. The minimum Gasteiger partial charge on any atom is -0.480 e. The molecule has 110 valence electrons. The summed E-state index contributed by atoms with van der Waals surface area (Å²) in [5.41, 5.74) is 0.410. The molecule has 0 radical (unpaired) electrons. The minimum absolute atomic E-state index is 0.276. The van der Waals surface area contributed by atoms with Gasteiger partial charge in [0.1, 0.15) is 12.2 Å². The van der Waals surface area contributed by atoms with E-state index in [4.69, 9.17) is 9.84 Å². The summed E-state index contributed by atoms with van der Waals surface area (Å²) in [6.45, 7) is 0.242. The van der Waals surface area contributed by atoms with Crippen LogP contribution in [-0.4, -0.2) is 54.3 Å². The zero-order chi connectivity index (χ0) is 15.0. The molecule has 0 saturated heterocycles. The van der Waals surface area contributed by atoms with E-state index in [1.165, 1.54) is 0 Å². The Hall–Kier alpha value is -2.35. The summed E-state index contributed by atoms with van der Waals surface area (Å²) in [6, 6.07) is 3.34. The minimum atomic E-state index is -1.14. The Morgan fingerprint density at radius 1 is 1.30 bits per heavy atom. The van der Waals surface area contributed by atoms with Crippen LogP contribution in [-0.2, 0) is 20.9 Å². The highest BCUT2D eigenvalue weighted by atomic mass is 16.5. The Morgan fingerprint density at radius 2 is 2.05 bits per heavy atom. The molecule has 8 heteroatoms. The topological polar surface area (TPSA) is 110 Å². The van der Waals surface area contributed by atoms with Gasteiger partial charge < -0.3 is 25.0 Å². The maximum absolute atomic E-state index is 11.9. The van der Waals surface area contributed by atoms with Gasteiger partial charge >= 0.3 is 5.97 Å². The number of nitrogens with zero attached hydrogens (tertiary/aromatic N) is 1. The van der Waals surface area contributed by atoms with Gasteiger partial charge in [-0.1, -0.05) is 0 Å². The van der Waals surface area contributed by atoms with Crippen molar-refractivity contribution in [3.63, 3.8) is 0 Å². The van der Waals surface area contributed by atoms with Crippen molar-refractivity contribution < 1.29 is 24.2 Å².